The van der Waals surface area contributed by atoms with Crippen molar-refractivity contribution in [2.45, 2.75) is 19.1 Å². The monoisotopic (exact) mass is 461 g/mol. The van der Waals surface area contributed by atoms with E-state index < -0.39 is 35.3 Å². The summed E-state index contributed by atoms with van der Waals surface area (Å²) in [6.45, 7) is 1.46. The Kier molecular flexibility index (Phi) is 7.21. The minimum atomic E-state index is -4.68. The molecule has 2 heterocycles. The zero-order valence-electron chi connectivity index (χ0n) is 16.0. The Bertz CT molecular complexity index is 1090. The second-order valence-corrected chi connectivity index (χ2v) is 6.13. The van der Waals surface area contributed by atoms with Crippen molar-refractivity contribution in [3.63, 3.8) is 0 Å². The lowest BCUT2D eigenvalue weighted by Gasteiger charge is -2.16. The summed E-state index contributed by atoms with van der Waals surface area (Å²) in [5, 5.41) is 6.27. The Morgan fingerprint density at radius 2 is 1.87 bits per heavy atom. The Labute approximate surface area is 179 Å². The van der Waals surface area contributed by atoms with Crippen LogP contribution in [0, 0.1) is 11.6 Å². The first-order valence-corrected chi connectivity index (χ1v) is 8.38. The van der Waals surface area contributed by atoms with E-state index in [0.717, 1.165) is 29.3 Å². The van der Waals surface area contributed by atoms with E-state index in [1.54, 1.807) is 0 Å². The third-order valence-corrected chi connectivity index (χ3v) is 4.03. The molecular weight excluding hydrogens is 445 g/mol. The molecule has 13 heteroatoms. The normalized spacial score (nSPS) is 12.1. The van der Waals surface area contributed by atoms with Crippen molar-refractivity contribution in [3.8, 4) is 11.6 Å². The van der Waals surface area contributed by atoms with Crippen molar-refractivity contribution >= 4 is 19.4 Å². The first-order chi connectivity index (χ1) is 14.1. The summed E-state index contributed by atoms with van der Waals surface area (Å²) in [7, 11) is 1.17. The molecule has 7 nitrogen and oxygen atoms in total. The number of ether oxygens (including phenoxy) is 1. The van der Waals surface area contributed by atoms with E-state index in [9.17, 15) is 26.7 Å². The SMILES string of the molecule is COc1cc(C(=O)N[C@@H](C)c2ncnn2-c2ncc(F)cc2F)cc(C(F)(F)F)c1.S. The molecule has 0 aliphatic heterocycles. The van der Waals surface area contributed by atoms with Gasteiger partial charge in [0.2, 0.25) is 0 Å². The number of hydrogen-bond acceptors (Lipinski definition) is 5. The smallest absolute Gasteiger partial charge is 0.416 e. The van der Waals surface area contributed by atoms with E-state index in [0.29, 0.717) is 12.1 Å². The van der Waals surface area contributed by atoms with E-state index in [-0.39, 0.29) is 36.5 Å². The summed E-state index contributed by atoms with van der Waals surface area (Å²) in [5.74, 6) is -3.23. The quantitative estimate of drug-likeness (QED) is 0.588. The van der Waals surface area contributed by atoms with E-state index >= 15 is 0 Å². The van der Waals surface area contributed by atoms with Crippen LogP contribution in [-0.2, 0) is 6.18 Å². The zero-order chi connectivity index (χ0) is 22.1. The van der Waals surface area contributed by atoms with Crippen LogP contribution in [0.3, 0.4) is 0 Å². The van der Waals surface area contributed by atoms with Crippen molar-refractivity contribution in [3.05, 3.63) is 65.4 Å². The molecular formula is C18H16F5N5O2S. The average Bonchev–Trinajstić information content (AvgIpc) is 3.16. The number of rotatable bonds is 5. The van der Waals surface area contributed by atoms with Gasteiger partial charge in [-0.05, 0) is 25.1 Å². The molecule has 1 amide bonds. The van der Waals surface area contributed by atoms with Crippen LogP contribution in [0.5, 0.6) is 5.75 Å². The molecule has 0 aliphatic rings. The molecule has 3 rings (SSSR count). The summed E-state index contributed by atoms with van der Waals surface area (Å²) in [6.07, 6.45) is -2.83. The number of aromatic nitrogens is 4. The van der Waals surface area contributed by atoms with Gasteiger partial charge < -0.3 is 10.1 Å². The summed E-state index contributed by atoms with van der Waals surface area (Å²) >= 11 is 0. The Balaban J connectivity index is 0.00000341. The van der Waals surface area contributed by atoms with Gasteiger partial charge in [-0.3, -0.25) is 4.79 Å². The van der Waals surface area contributed by atoms with Gasteiger partial charge in [-0.1, -0.05) is 0 Å². The number of benzene rings is 1. The van der Waals surface area contributed by atoms with E-state index in [1.807, 2.05) is 0 Å². The molecule has 0 unspecified atom stereocenters. The number of methoxy groups -OCH3 is 1. The zero-order valence-corrected chi connectivity index (χ0v) is 17.0. The average molecular weight is 461 g/mol. The van der Waals surface area contributed by atoms with Gasteiger partial charge in [0.15, 0.2) is 17.5 Å². The number of alkyl halides is 3. The van der Waals surface area contributed by atoms with Gasteiger partial charge >= 0.3 is 6.18 Å². The predicted octanol–water partition coefficient (Wildman–Crippen LogP) is 3.57. The fourth-order valence-electron chi connectivity index (χ4n) is 2.63. The van der Waals surface area contributed by atoms with Gasteiger partial charge in [0.1, 0.15) is 17.9 Å². The van der Waals surface area contributed by atoms with Crippen molar-refractivity contribution < 1.29 is 31.5 Å². The van der Waals surface area contributed by atoms with Crippen LogP contribution < -0.4 is 10.1 Å². The highest BCUT2D eigenvalue weighted by Crippen LogP contribution is 2.32. The van der Waals surface area contributed by atoms with Gasteiger partial charge in [-0.15, -0.1) is 0 Å². The van der Waals surface area contributed by atoms with Crippen LogP contribution in [0.25, 0.3) is 5.82 Å². The minimum Gasteiger partial charge on any atom is -0.497 e. The Morgan fingerprint density at radius 1 is 1.16 bits per heavy atom. The van der Waals surface area contributed by atoms with Crippen LogP contribution in [0.15, 0.2) is 36.8 Å². The number of amides is 1. The summed E-state index contributed by atoms with van der Waals surface area (Å²) in [4.78, 5) is 20.1. The van der Waals surface area contributed by atoms with Crippen LogP contribution in [0.2, 0.25) is 0 Å². The van der Waals surface area contributed by atoms with Crippen LogP contribution in [0.4, 0.5) is 22.0 Å². The Hall–Kier alpha value is -3.22. The third-order valence-electron chi connectivity index (χ3n) is 4.03. The molecule has 1 atom stereocenters. The van der Waals surface area contributed by atoms with E-state index in [2.05, 4.69) is 20.4 Å². The predicted molar refractivity (Wildman–Crippen MR) is 103 cm³/mol. The fraction of sp³-hybridized carbons (Fsp3) is 0.222. The molecule has 31 heavy (non-hydrogen) atoms. The molecule has 3 aromatic rings. The number of carbonyl (C=O) groups excluding carboxylic acids is 1. The van der Waals surface area contributed by atoms with Crippen LogP contribution in [-0.4, -0.2) is 32.8 Å². The Morgan fingerprint density at radius 3 is 2.48 bits per heavy atom. The molecule has 1 aromatic carbocycles. The highest BCUT2D eigenvalue weighted by atomic mass is 32.1. The molecule has 2 aromatic heterocycles. The first kappa shape index (κ1) is 24.1. The number of carbonyl (C=O) groups is 1. The fourth-order valence-corrected chi connectivity index (χ4v) is 2.63. The lowest BCUT2D eigenvalue weighted by atomic mass is 10.1. The van der Waals surface area contributed by atoms with Gasteiger partial charge in [0, 0.05) is 11.6 Å². The van der Waals surface area contributed by atoms with Gasteiger partial charge in [-0.2, -0.15) is 36.4 Å². The maximum atomic E-state index is 14.0. The maximum Gasteiger partial charge on any atom is 0.416 e. The molecule has 1 N–H and O–H groups in total. The third kappa shape index (κ3) is 5.29. The summed E-state index contributed by atoms with van der Waals surface area (Å²) < 4.78 is 72.1. The standard InChI is InChI=1S/C18H14F5N5O2.H2S/c1-9(15-25-8-26-28(15)16-14(20)6-12(19)7-24-16)27-17(29)10-3-11(18(21,22)23)5-13(4-10)30-2;/h3-9H,1-2H3,(H,27,29);1H2/t9-;/m0./s1. The number of halogens is 5. The lowest BCUT2D eigenvalue weighted by Crippen LogP contribution is -2.29. The molecule has 0 fully saturated rings. The second-order valence-electron chi connectivity index (χ2n) is 6.13. The lowest BCUT2D eigenvalue weighted by molar-refractivity contribution is -0.137. The highest BCUT2D eigenvalue weighted by molar-refractivity contribution is 7.59. The molecule has 166 valence electrons. The summed E-state index contributed by atoms with van der Waals surface area (Å²) in [5.41, 5.74) is -1.36. The van der Waals surface area contributed by atoms with Crippen LogP contribution >= 0.6 is 13.5 Å². The molecule has 0 aliphatic carbocycles. The van der Waals surface area contributed by atoms with E-state index in [1.165, 1.54) is 14.0 Å². The largest absolute Gasteiger partial charge is 0.497 e. The van der Waals surface area contributed by atoms with Gasteiger partial charge in [0.05, 0.1) is 24.9 Å². The van der Waals surface area contributed by atoms with Crippen LogP contribution in [0.1, 0.15) is 34.7 Å². The number of hydrogen-bond donors (Lipinski definition) is 1. The molecule has 0 radical (unpaired) electrons. The highest BCUT2D eigenvalue weighted by Gasteiger charge is 2.32. The van der Waals surface area contributed by atoms with Gasteiger partial charge in [0.25, 0.3) is 5.91 Å². The number of nitrogens with zero attached hydrogens (tertiary/aromatic N) is 4. The molecule has 0 saturated heterocycles. The number of nitrogens with one attached hydrogen (secondary N) is 1. The van der Waals surface area contributed by atoms with Crippen molar-refractivity contribution in [1.82, 2.24) is 25.1 Å². The molecule has 0 spiro atoms. The topological polar surface area (TPSA) is 81.9 Å². The minimum absolute atomic E-state index is 0. The summed E-state index contributed by atoms with van der Waals surface area (Å²) in [6, 6.07) is 2.28. The van der Waals surface area contributed by atoms with E-state index in [4.69, 9.17) is 4.74 Å². The number of pyridine rings is 1. The van der Waals surface area contributed by atoms with Crippen molar-refractivity contribution in [2.24, 2.45) is 0 Å². The van der Waals surface area contributed by atoms with Crippen molar-refractivity contribution in [2.75, 3.05) is 7.11 Å². The van der Waals surface area contributed by atoms with Crippen molar-refractivity contribution in [1.29, 1.82) is 0 Å². The molecule has 0 bridgehead atoms. The molecule has 0 saturated carbocycles. The maximum absolute atomic E-state index is 14.0. The van der Waals surface area contributed by atoms with Gasteiger partial charge in [-0.25, -0.2) is 18.7 Å². The first-order valence-electron chi connectivity index (χ1n) is 8.38. The second kappa shape index (κ2) is 9.29.